The highest BCUT2D eigenvalue weighted by Gasteiger charge is 2.04. The second-order valence-corrected chi connectivity index (χ2v) is 2.65. The minimum absolute atomic E-state index is 0.316. The normalized spacial score (nSPS) is 9.92. The Morgan fingerprint density at radius 2 is 2.33 bits per heavy atom. The van der Waals surface area contributed by atoms with Crippen molar-refractivity contribution in [3.63, 3.8) is 0 Å². The fraction of sp³-hybridized carbons (Fsp3) is 0.250. The molecule has 0 spiro atoms. The van der Waals surface area contributed by atoms with E-state index in [1.165, 1.54) is 0 Å². The first-order valence-electron chi connectivity index (χ1n) is 3.48. The monoisotopic (exact) mass is 187 g/mol. The Balaban J connectivity index is 2.97. The summed E-state index contributed by atoms with van der Waals surface area (Å²) < 4.78 is 4.99. The molecule has 2 N–H and O–H groups in total. The van der Waals surface area contributed by atoms with Crippen molar-refractivity contribution >= 4 is 11.6 Å². The highest BCUT2D eigenvalue weighted by atomic mass is 35.5. The number of rotatable bonds is 3. The first kappa shape index (κ1) is 9.32. The average molecular weight is 188 g/mol. The molecular weight excluding hydrogens is 178 g/mol. The van der Waals surface area contributed by atoms with Crippen molar-refractivity contribution in [3.8, 4) is 5.75 Å². The van der Waals surface area contributed by atoms with E-state index < -0.39 is 0 Å². The van der Waals surface area contributed by atoms with Gasteiger partial charge in [-0.15, -0.1) is 0 Å². The fourth-order valence-electron chi connectivity index (χ4n) is 0.936. The van der Waals surface area contributed by atoms with E-state index in [9.17, 15) is 0 Å². The summed E-state index contributed by atoms with van der Waals surface area (Å²) in [4.78, 5) is 0. The van der Waals surface area contributed by atoms with Crippen LogP contribution >= 0.6 is 11.6 Å². The first-order chi connectivity index (χ1) is 5.79. The lowest BCUT2D eigenvalue weighted by Gasteiger charge is -2.06. The molecule has 12 heavy (non-hydrogen) atoms. The van der Waals surface area contributed by atoms with Crippen molar-refractivity contribution in [2.24, 2.45) is 0 Å². The molecule has 1 aromatic carbocycles. The number of methoxy groups -OCH3 is 1. The van der Waals surface area contributed by atoms with E-state index in [0.29, 0.717) is 17.3 Å². The quantitative estimate of drug-likeness (QED) is 0.710. The molecule has 0 saturated heterocycles. The van der Waals surface area contributed by atoms with Crippen molar-refractivity contribution < 1.29 is 9.94 Å². The van der Waals surface area contributed by atoms with Crippen LogP contribution in [0.5, 0.6) is 5.75 Å². The van der Waals surface area contributed by atoms with Gasteiger partial charge in [0.15, 0.2) is 0 Å². The Morgan fingerprint density at radius 3 is 2.92 bits per heavy atom. The maximum atomic E-state index is 8.46. The molecule has 0 amide bonds. The van der Waals surface area contributed by atoms with Crippen molar-refractivity contribution in [1.29, 1.82) is 0 Å². The van der Waals surface area contributed by atoms with Gasteiger partial charge in [0.05, 0.1) is 12.1 Å². The zero-order chi connectivity index (χ0) is 8.97. The molecule has 0 fully saturated rings. The molecule has 0 aliphatic rings. The molecule has 0 heterocycles. The summed E-state index contributed by atoms with van der Waals surface area (Å²) in [7, 11) is 1.55. The summed E-state index contributed by atoms with van der Waals surface area (Å²) in [5, 5.41) is 8.99. The number of halogens is 1. The van der Waals surface area contributed by atoms with Crippen LogP contribution in [0.3, 0.4) is 0 Å². The maximum Gasteiger partial charge on any atom is 0.137 e. The zero-order valence-electron chi connectivity index (χ0n) is 6.67. The fourth-order valence-corrected chi connectivity index (χ4v) is 1.21. The van der Waals surface area contributed by atoms with Crippen LogP contribution in [0.25, 0.3) is 0 Å². The molecule has 1 rings (SSSR count). The molecule has 0 bridgehead atoms. The molecule has 0 saturated carbocycles. The lowest BCUT2D eigenvalue weighted by molar-refractivity contribution is 0.161. The Morgan fingerprint density at radius 1 is 1.58 bits per heavy atom. The number of hydrogen-bond donors (Lipinski definition) is 2. The standard InChI is InChI=1S/C8H10ClNO2/c1-12-7-4-2-3-6(5-10-11)8(7)9/h2-4,10-11H,5H2,1H3. The summed E-state index contributed by atoms with van der Waals surface area (Å²) in [5.41, 5.74) is 2.84. The molecule has 0 unspecified atom stereocenters. The van der Waals surface area contributed by atoms with Gasteiger partial charge in [0.25, 0.3) is 0 Å². The third-order valence-corrected chi connectivity index (χ3v) is 1.96. The van der Waals surface area contributed by atoms with Crippen molar-refractivity contribution in [1.82, 2.24) is 5.48 Å². The van der Waals surface area contributed by atoms with Crippen LogP contribution in [-0.2, 0) is 6.54 Å². The Hall–Kier alpha value is -0.770. The number of ether oxygens (including phenoxy) is 1. The van der Waals surface area contributed by atoms with E-state index in [-0.39, 0.29) is 0 Å². The molecule has 0 aromatic heterocycles. The smallest absolute Gasteiger partial charge is 0.137 e. The van der Waals surface area contributed by atoms with Crippen LogP contribution in [0.2, 0.25) is 5.02 Å². The predicted octanol–water partition coefficient (Wildman–Crippen LogP) is 1.83. The first-order valence-corrected chi connectivity index (χ1v) is 3.85. The van der Waals surface area contributed by atoms with Crippen LogP contribution in [0, 0.1) is 0 Å². The lowest BCUT2D eigenvalue weighted by atomic mass is 10.2. The molecule has 0 aliphatic heterocycles. The summed E-state index contributed by atoms with van der Waals surface area (Å²) in [5.74, 6) is 0.615. The van der Waals surface area contributed by atoms with Crippen LogP contribution in [0.15, 0.2) is 18.2 Å². The highest BCUT2D eigenvalue weighted by molar-refractivity contribution is 6.32. The van der Waals surface area contributed by atoms with Gasteiger partial charge in [0, 0.05) is 6.54 Å². The topological polar surface area (TPSA) is 41.5 Å². The van der Waals surface area contributed by atoms with Gasteiger partial charge in [-0.2, -0.15) is 0 Å². The molecule has 66 valence electrons. The molecule has 0 aliphatic carbocycles. The summed E-state index contributed by atoms with van der Waals surface area (Å²) in [6.07, 6.45) is 0. The lowest BCUT2D eigenvalue weighted by Crippen LogP contribution is -2.06. The Labute approximate surface area is 75.9 Å². The second kappa shape index (κ2) is 4.30. The minimum atomic E-state index is 0.316. The minimum Gasteiger partial charge on any atom is -0.495 e. The van der Waals surface area contributed by atoms with E-state index in [1.807, 2.05) is 17.6 Å². The highest BCUT2D eigenvalue weighted by Crippen LogP contribution is 2.27. The van der Waals surface area contributed by atoms with Gasteiger partial charge in [-0.25, -0.2) is 5.48 Å². The third-order valence-electron chi connectivity index (χ3n) is 1.53. The summed E-state index contributed by atoms with van der Waals surface area (Å²) in [6.45, 7) is 0.316. The van der Waals surface area contributed by atoms with Crippen LogP contribution < -0.4 is 10.2 Å². The summed E-state index contributed by atoms with van der Waals surface area (Å²) >= 11 is 5.91. The SMILES string of the molecule is COc1cccc(CNO)c1Cl. The Bertz CT molecular complexity index is 265. The average Bonchev–Trinajstić information content (AvgIpc) is 2.09. The van der Waals surface area contributed by atoms with E-state index in [2.05, 4.69) is 0 Å². The number of hydrogen-bond acceptors (Lipinski definition) is 3. The zero-order valence-corrected chi connectivity index (χ0v) is 7.43. The maximum absolute atomic E-state index is 8.46. The molecular formula is C8H10ClNO2. The van der Waals surface area contributed by atoms with Crippen molar-refractivity contribution in [2.45, 2.75) is 6.54 Å². The van der Waals surface area contributed by atoms with Gasteiger partial charge in [-0.3, -0.25) is 0 Å². The van der Waals surface area contributed by atoms with E-state index in [0.717, 1.165) is 5.56 Å². The van der Waals surface area contributed by atoms with Gasteiger partial charge in [-0.05, 0) is 11.6 Å². The third kappa shape index (κ3) is 1.88. The van der Waals surface area contributed by atoms with Gasteiger partial charge in [0.1, 0.15) is 5.75 Å². The van der Waals surface area contributed by atoms with Crippen LogP contribution in [0.1, 0.15) is 5.56 Å². The van der Waals surface area contributed by atoms with Crippen molar-refractivity contribution in [2.75, 3.05) is 7.11 Å². The van der Waals surface area contributed by atoms with Crippen LogP contribution in [0.4, 0.5) is 0 Å². The van der Waals surface area contributed by atoms with Crippen molar-refractivity contribution in [3.05, 3.63) is 28.8 Å². The van der Waals surface area contributed by atoms with Crippen LogP contribution in [-0.4, -0.2) is 12.3 Å². The van der Waals surface area contributed by atoms with E-state index >= 15 is 0 Å². The molecule has 1 aromatic rings. The number of benzene rings is 1. The summed E-state index contributed by atoms with van der Waals surface area (Å²) in [6, 6.07) is 5.40. The van der Waals surface area contributed by atoms with Gasteiger partial charge >= 0.3 is 0 Å². The Kier molecular flexibility index (Phi) is 3.34. The number of hydroxylamine groups is 1. The molecule has 0 atom stereocenters. The second-order valence-electron chi connectivity index (χ2n) is 2.27. The van der Waals surface area contributed by atoms with Gasteiger partial charge < -0.3 is 9.94 Å². The molecule has 4 heteroatoms. The number of nitrogens with one attached hydrogen (secondary N) is 1. The molecule has 3 nitrogen and oxygen atoms in total. The largest absolute Gasteiger partial charge is 0.495 e. The predicted molar refractivity (Wildman–Crippen MR) is 46.6 cm³/mol. The van der Waals surface area contributed by atoms with Gasteiger partial charge in [0.2, 0.25) is 0 Å². The van der Waals surface area contributed by atoms with E-state index in [1.54, 1.807) is 13.2 Å². The van der Waals surface area contributed by atoms with Gasteiger partial charge in [-0.1, -0.05) is 23.7 Å². The molecule has 0 radical (unpaired) electrons. The van der Waals surface area contributed by atoms with E-state index in [4.69, 9.17) is 21.5 Å².